The topological polar surface area (TPSA) is 80.3 Å². The van der Waals surface area contributed by atoms with Gasteiger partial charge in [-0.15, -0.1) is 0 Å². The van der Waals surface area contributed by atoms with Crippen molar-refractivity contribution in [1.29, 1.82) is 0 Å². The average Bonchev–Trinajstić information content (AvgIpc) is 3.02. The molecule has 2 heterocycles. The molecule has 1 unspecified atom stereocenters. The van der Waals surface area contributed by atoms with Gasteiger partial charge in [0.05, 0.1) is 11.7 Å². The highest BCUT2D eigenvalue weighted by molar-refractivity contribution is 5.95. The molecule has 0 aromatic carbocycles. The molecule has 23 heavy (non-hydrogen) atoms. The van der Waals surface area contributed by atoms with Crippen LogP contribution in [0.2, 0.25) is 0 Å². The average molecular weight is 319 g/mol. The summed E-state index contributed by atoms with van der Waals surface area (Å²) in [5.74, 6) is 1.45. The molecule has 6 nitrogen and oxygen atoms in total. The van der Waals surface area contributed by atoms with Crippen LogP contribution in [-0.4, -0.2) is 33.4 Å². The van der Waals surface area contributed by atoms with Gasteiger partial charge in [0.1, 0.15) is 5.76 Å². The SMILES string of the molecule is Cc1cc(-n2c(C)cc(C(=O)NCCC(O)C(C)C)c2C)no1. The Morgan fingerprint density at radius 1 is 1.35 bits per heavy atom. The molecule has 2 N–H and O–H groups in total. The van der Waals surface area contributed by atoms with Crippen LogP contribution in [0.3, 0.4) is 0 Å². The molecule has 0 saturated heterocycles. The third kappa shape index (κ3) is 3.82. The van der Waals surface area contributed by atoms with Gasteiger partial charge in [0, 0.05) is 24.0 Å². The molecule has 2 rings (SSSR count). The van der Waals surface area contributed by atoms with Gasteiger partial charge in [0.15, 0.2) is 5.82 Å². The van der Waals surface area contributed by atoms with Gasteiger partial charge in [0.25, 0.3) is 5.91 Å². The first-order chi connectivity index (χ1) is 10.8. The maximum Gasteiger partial charge on any atom is 0.253 e. The Bertz CT molecular complexity index is 685. The van der Waals surface area contributed by atoms with Crippen LogP contribution in [0, 0.1) is 26.7 Å². The summed E-state index contributed by atoms with van der Waals surface area (Å²) in [6.45, 7) is 10.0. The van der Waals surface area contributed by atoms with E-state index in [-0.39, 0.29) is 11.8 Å². The van der Waals surface area contributed by atoms with Crippen LogP contribution in [0.4, 0.5) is 0 Å². The van der Waals surface area contributed by atoms with Crippen molar-refractivity contribution in [3.63, 3.8) is 0 Å². The second-order valence-corrected chi connectivity index (χ2v) is 6.27. The Morgan fingerprint density at radius 2 is 2.04 bits per heavy atom. The van der Waals surface area contributed by atoms with Crippen molar-refractivity contribution in [1.82, 2.24) is 15.0 Å². The molecule has 1 atom stereocenters. The predicted molar refractivity (Wildman–Crippen MR) is 87.8 cm³/mol. The summed E-state index contributed by atoms with van der Waals surface area (Å²) in [4.78, 5) is 12.4. The third-order valence-electron chi connectivity index (χ3n) is 4.02. The minimum Gasteiger partial charge on any atom is -0.393 e. The summed E-state index contributed by atoms with van der Waals surface area (Å²) in [5, 5.41) is 16.7. The quantitative estimate of drug-likeness (QED) is 0.857. The molecule has 0 aliphatic rings. The molecule has 0 aliphatic carbocycles. The van der Waals surface area contributed by atoms with Crippen LogP contribution in [0.5, 0.6) is 0 Å². The lowest BCUT2D eigenvalue weighted by molar-refractivity contribution is 0.0919. The Labute approximate surface area is 136 Å². The van der Waals surface area contributed by atoms with E-state index < -0.39 is 6.10 Å². The van der Waals surface area contributed by atoms with Crippen LogP contribution >= 0.6 is 0 Å². The van der Waals surface area contributed by atoms with Gasteiger partial charge in [-0.25, -0.2) is 0 Å². The number of hydrogen-bond donors (Lipinski definition) is 2. The highest BCUT2D eigenvalue weighted by Gasteiger charge is 2.18. The van der Waals surface area contributed by atoms with Crippen molar-refractivity contribution in [2.24, 2.45) is 5.92 Å². The number of aliphatic hydroxyl groups is 1. The van der Waals surface area contributed by atoms with E-state index in [0.717, 1.165) is 17.1 Å². The number of carbonyl (C=O) groups is 1. The second-order valence-electron chi connectivity index (χ2n) is 6.27. The van der Waals surface area contributed by atoms with E-state index >= 15 is 0 Å². The van der Waals surface area contributed by atoms with Crippen molar-refractivity contribution in [3.8, 4) is 5.82 Å². The maximum absolute atomic E-state index is 12.4. The first-order valence-electron chi connectivity index (χ1n) is 7.90. The van der Waals surface area contributed by atoms with Crippen molar-refractivity contribution < 1.29 is 14.4 Å². The van der Waals surface area contributed by atoms with Gasteiger partial charge < -0.3 is 14.9 Å². The fraction of sp³-hybridized carbons (Fsp3) is 0.529. The molecule has 126 valence electrons. The first-order valence-corrected chi connectivity index (χ1v) is 7.90. The van der Waals surface area contributed by atoms with E-state index in [1.165, 1.54) is 0 Å². The Balaban J connectivity index is 2.10. The zero-order valence-electron chi connectivity index (χ0n) is 14.4. The molecule has 1 amide bonds. The number of nitrogens with one attached hydrogen (secondary N) is 1. The van der Waals surface area contributed by atoms with Gasteiger partial charge in [-0.2, -0.15) is 0 Å². The largest absolute Gasteiger partial charge is 0.393 e. The molecular weight excluding hydrogens is 294 g/mol. The van der Waals surface area contributed by atoms with Crippen molar-refractivity contribution in [2.45, 2.75) is 47.1 Å². The Kier molecular flexibility index (Phi) is 5.26. The molecule has 0 fully saturated rings. The van der Waals surface area contributed by atoms with E-state index in [4.69, 9.17) is 4.52 Å². The normalized spacial score (nSPS) is 12.7. The molecule has 6 heteroatoms. The van der Waals surface area contributed by atoms with Crippen molar-refractivity contribution in [3.05, 3.63) is 34.8 Å². The fourth-order valence-corrected chi connectivity index (χ4v) is 2.57. The van der Waals surface area contributed by atoms with Gasteiger partial charge >= 0.3 is 0 Å². The van der Waals surface area contributed by atoms with E-state index in [1.54, 1.807) is 0 Å². The maximum atomic E-state index is 12.4. The Morgan fingerprint density at radius 3 is 2.61 bits per heavy atom. The van der Waals surface area contributed by atoms with Crippen LogP contribution in [0.15, 0.2) is 16.7 Å². The van der Waals surface area contributed by atoms with Crippen LogP contribution in [0.25, 0.3) is 5.82 Å². The number of amides is 1. The lowest BCUT2D eigenvalue weighted by Gasteiger charge is -2.14. The van der Waals surface area contributed by atoms with Crippen LogP contribution < -0.4 is 5.32 Å². The number of aromatic nitrogens is 2. The van der Waals surface area contributed by atoms with Crippen LogP contribution in [0.1, 0.15) is 47.8 Å². The summed E-state index contributed by atoms with van der Waals surface area (Å²) in [5.41, 5.74) is 2.35. The highest BCUT2D eigenvalue weighted by atomic mass is 16.5. The third-order valence-corrected chi connectivity index (χ3v) is 4.02. The molecule has 0 bridgehead atoms. The lowest BCUT2D eigenvalue weighted by atomic mass is 10.0. The summed E-state index contributed by atoms with van der Waals surface area (Å²) >= 11 is 0. The molecule has 0 saturated carbocycles. The minimum absolute atomic E-state index is 0.138. The zero-order chi connectivity index (χ0) is 17.1. The summed E-state index contributed by atoms with van der Waals surface area (Å²) in [7, 11) is 0. The van der Waals surface area contributed by atoms with E-state index in [2.05, 4.69) is 10.5 Å². The number of hydrogen-bond acceptors (Lipinski definition) is 4. The van der Waals surface area contributed by atoms with Crippen molar-refractivity contribution >= 4 is 5.91 Å². The van der Waals surface area contributed by atoms with Crippen LogP contribution in [-0.2, 0) is 0 Å². The van der Waals surface area contributed by atoms with Gasteiger partial charge in [-0.05, 0) is 39.2 Å². The minimum atomic E-state index is -0.402. The predicted octanol–water partition coefficient (Wildman–Crippen LogP) is 2.53. The molecule has 0 spiro atoms. The number of rotatable bonds is 6. The Hall–Kier alpha value is -2.08. The zero-order valence-corrected chi connectivity index (χ0v) is 14.4. The lowest BCUT2D eigenvalue weighted by Crippen LogP contribution is -2.29. The molecule has 2 aromatic heterocycles. The van der Waals surface area contributed by atoms with Gasteiger partial charge in [-0.1, -0.05) is 19.0 Å². The summed E-state index contributed by atoms with van der Waals surface area (Å²) < 4.78 is 7.01. The van der Waals surface area contributed by atoms with E-state index in [1.807, 2.05) is 51.3 Å². The molecule has 2 aromatic rings. The smallest absolute Gasteiger partial charge is 0.253 e. The first kappa shape index (κ1) is 17.3. The number of carbonyl (C=O) groups excluding carboxylic acids is 1. The van der Waals surface area contributed by atoms with Crippen molar-refractivity contribution in [2.75, 3.05) is 6.54 Å². The summed E-state index contributed by atoms with van der Waals surface area (Å²) in [6, 6.07) is 3.67. The number of nitrogens with zero attached hydrogens (tertiary/aromatic N) is 2. The van der Waals surface area contributed by atoms with E-state index in [9.17, 15) is 9.90 Å². The molecular formula is C17H25N3O3. The number of aryl methyl sites for hydroxylation is 2. The molecule has 0 aliphatic heterocycles. The number of aliphatic hydroxyl groups excluding tert-OH is 1. The highest BCUT2D eigenvalue weighted by Crippen LogP contribution is 2.20. The summed E-state index contributed by atoms with van der Waals surface area (Å²) in [6.07, 6.45) is 0.144. The monoisotopic (exact) mass is 319 g/mol. The second kappa shape index (κ2) is 7.00. The van der Waals surface area contributed by atoms with E-state index in [0.29, 0.717) is 24.3 Å². The van der Waals surface area contributed by atoms with Gasteiger partial charge in [0.2, 0.25) is 0 Å². The standard InChI is InChI=1S/C17H25N3O3/c1-10(2)15(21)6-7-18-17(22)14-8-11(3)20(13(14)5)16-9-12(4)23-19-16/h8-10,15,21H,6-7H2,1-5H3,(H,18,22). The fourth-order valence-electron chi connectivity index (χ4n) is 2.57. The molecule has 0 radical (unpaired) electrons. The van der Waals surface area contributed by atoms with Gasteiger partial charge in [-0.3, -0.25) is 9.36 Å².